The summed E-state index contributed by atoms with van der Waals surface area (Å²) in [5, 5.41) is 16.5. The van der Waals surface area contributed by atoms with E-state index in [1.165, 1.54) is 36.6 Å². The summed E-state index contributed by atoms with van der Waals surface area (Å²) in [5.74, 6) is -0.265. The summed E-state index contributed by atoms with van der Waals surface area (Å²) in [5.41, 5.74) is 0.184. The molecule has 3 N–H and O–H groups in total. The number of nitrogens with one attached hydrogen (secondary N) is 1. The number of hydrogen-bond donors (Lipinski definition) is 2. The molecule has 0 radical (unpaired) electrons. The standard InChI is InChI=1S/C14H11N3O4S/c15-9-10(8-12-2-1-7-21-12)14(18)17-11-3-5-13(6-4-11)22(16,19)20/h1-8H,(H,17,18)(H2,16,19,20). The molecule has 0 aliphatic carbocycles. The number of amides is 1. The molecule has 0 aliphatic heterocycles. The molecule has 2 rings (SSSR count). The molecule has 2 aromatic rings. The van der Waals surface area contributed by atoms with E-state index in [4.69, 9.17) is 14.8 Å². The lowest BCUT2D eigenvalue weighted by Gasteiger charge is -2.05. The Morgan fingerprint density at radius 2 is 1.95 bits per heavy atom. The van der Waals surface area contributed by atoms with Gasteiger partial charge in [-0.05, 0) is 36.4 Å². The smallest absolute Gasteiger partial charge is 0.266 e. The molecular weight excluding hydrogens is 306 g/mol. The van der Waals surface area contributed by atoms with Crippen LogP contribution in [-0.4, -0.2) is 14.3 Å². The van der Waals surface area contributed by atoms with Gasteiger partial charge in [0, 0.05) is 11.8 Å². The van der Waals surface area contributed by atoms with Gasteiger partial charge < -0.3 is 9.73 Å². The van der Waals surface area contributed by atoms with Gasteiger partial charge in [0.2, 0.25) is 10.0 Å². The fraction of sp³-hybridized carbons (Fsp3) is 0. The summed E-state index contributed by atoms with van der Waals surface area (Å²) in [6, 6.07) is 10.3. The highest BCUT2D eigenvalue weighted by Gasteiger charge is 2.11. The summed E-state index contributed by atoms with van der Waals surface area (Å²) in [6.07, 6.45) is 2.72. The number of anilines is 1. The van der Waals surface area contributed by atoms with E-state index in [-0.39, 0.29) is 10.5 Å². The first-order chi connectivity index (χ1) is 10.4. The Kier molecular flexibility index (Phi) is 4.41. The molecule has 0 unspecified atom stereocenters. The maximum Gasteiger partial charge on any atom is 0.266 e. The number of nitriles is 1. The van der Waals surface area contributed by atoms with Gasteiger partial charge in [-0.15, -0.1) is 0 Å². The topological polar surface area (TPSA) is 126 Å². The minimum atomic E-state index is -3.79. The van der Waals surface area contributed by atoms with E-state index in [0.717, 1.165) is 0 Å². The third kappa shape index (κ3) is 3.82. The fourth-order valence-electron chi connectivity index (χ4n) is 1.59. The first-order valence-electron chi connectivity index (χ1n) is 5.99. The number of carbonyl (C=O) groups is 1. The zero-order valence-electron chi connectivity index (χ0n) is 11.2. The van der Waals surface area contributed by atoms with E-state index in [9.17, 15) is 13.2 Å². The van der Waals surface area contributed by atoms with Crippen molar-refractivity contribution in [2.24, 2.45) is 5.14 Å². The average Bonchev–Trinajstić information content (AvgIpc) is 2.97. The molecule has 22 heavy (non-hydrogen) atoms. The van der Waals surface area contributed by atoms with Crippen molar-refractivity contribution in [1.82, 2.24) is 0 Å². The van der Waals surface area contributed by atoms with Gasteiger partial charge in [-0.3, -0.25) is 4.79 Å². The van der Waals surface area contributed by atoms with Crippen molar-refractivity contribution in [2.45, 2.75) is 4.90 Å². The van der Waals surface area contributed by atoms with Crippen LogP contribution in [0.4, 0.5) is 5.69 Å². The Bertz CT molecular complexity index is 844. The second-order valence-corrected chi connectivity index (χ2v) is 5.77. The van der Waals surface area contributed by atoms with Crippen LogP contribution in [0.2, 0.25) is 0 Å². The number of rotatable bonds is 4. The van der Waals surface area contributed by atoms with Crippen molar-refractivity contribution in [2.75, 3.05) is 5.32 Å². The van der Waals surface area contributed by atoms with E-state index < -0.39 is 15.9 Å². The Morgan fingerprint density at radius 1 is 1.27 bits per heavy atom. The second kappa shape index (κ2) is 6.26. The Labute approximate surface area is 126 Å². The summed E-state index contributed by atoms with van der Waals surface area (Å²) in [4.78, 5) is 11.9. The zero-order chi connectivity index (χ0) is 16.2. The Morgan fingerprint density at radius 3 is 2.45 bits per heavy atom. The van der Waals surface area contributed by atoms with Crippen molar-refractivity contribution in [3.63, 3.8) is 0 Å². The number of carbonyl (C=O) groups excluding carboxylic acids is 1. The van der Waals surface area contributed by atoms with Crippen LogP contribution in [0.5, 0.6) is 0 Å². The van der Waals surface area contributed by atoms with Gasteiger partial charge in [-0.1, -0.05) is 0 Å². The molecule has 0 atom stereocenters. The van der Waals surface area contributed by atoms with E-state index in [0.29, 0.717) is 11.4 Å². The number of nitrogens with two attached hydrogens (primary N) is 1. The van der Waals surface area contributed by atoms with E-state index in [1.54, 1.807) is 18.2 Å². The van der Waals surface area contributed by atoms with Gasteiger partial charge in [0.25, 0.3) is 5.91 Å². The molecule has 0 saturated heterocycles. The second-order valence-electron chi connectivity index (χ2n) is 4.21. The minimum Gasteiger partial charge on any atom is -0.465 e. The van der Waals surface area contributed by atoms with Crippen molar-refractivity contribution in [1.29, 1.82) is 5.26 Å². The summed E-state index contributed by atoms with van der Waals surface area (Å²) >= 11 is 0. The van der Waals surface area contributed by atoms with Crippen LogP contribution in [0.3, 0.4) is 0 Å². The fourth-order valence-corrected chi connectivity index (χ4v) is 2.11. The predicted molar refractivity (Wildman–Crippen MR) is 78.7 cm³/mol. The SMILES string of the molecule is N#CC(=Cc1ccco1)C(=O)Nc1ccc(S(N)(=O)=O)cc1. The average molecular weight is 317 g/mol. The highest BCUT2D eigenvalue weighted by Crippen LogP contribution is 2.14. The number of benzene rings is 1. The van der Waals surface area contributed by atoms with Crippen molar-refractivity contribution in [3.8, 4) is 6.07 Å². The van der Waals surface area contributed by atoms with Gasteiger partial charge in [0.1, 0.15) is 17.4 Å². The number of furan rings is 1. The molecule has 0 fully saturated rings. The van der Waals surface area contributed by atoms with Gasteiger partial charge in [-0.2, -0.15) is 5.26 Å². The van der Waals surface area contributed by atoms with Gasteiger partial charge in [-0.25, -0.2) is 13.6 Å². The molecule has 0 saturated carbocycles. The van der Waals surface area contributed by atoms with Crippen LogP contribution in [0.1, 0.15) is 5.76 Å². The molecule has 8 heteroatoms. The number of primary sulfonamides is 1. The maximum absolute atomic E-state index is 12.0. The molecular formula is C14H11N3O4S. The van der Waals surface area contributed by atoms with Crippen molar-refractivity contribution < 1.29 is 17.6 Å². The molecule has 1 aromatic carbocycles. The molecule has 1 heterocycles. The summed E-state index contributed by atoms with van der Waals surface area (Å²) in [6.45, 7) is 0. The Hall–Kier alpha value is -2.89. The maximum atomic E-state index is 12.0. The quantitative estimate of drug-likeness (QED) is 0.652. The molecule has 0 aliphatic rings. The lowest BCUT2D eigenvalue weighted by atomic mass is 10.2. The van der Waals surface area contributed by atoms with Gasteiger partial charge in [0.15, 0.2) is 0 Å². The number of hydrogen-bond acceptors (Lipinski definition) is 5. The van der Waals surface area contributed by atoms with Gasteiger partial charge >= 0.3 is 0 Å². The number of nitrogens with zero attached hydrogens (tertiary/aromatic N) is 1. The molecule has 0 bridgehead atoms. The highest BCUT2D eigenvalue weighted by atomic mass is 32.2. The van der Waals surface area contributed by atoms with Crippen LogP contribution in [0.15, 0.2) is 57.5 Å². The molecule has 7 nitrogen and oxygen atoms in total. The first kappa shape index (κ1) is 15.5. The summed E-state index contributed by atoms with van der Waals surface area (Å²) in [7, 11) is -3.79. The van der Waals surface area contributed by atoms with Crippen LogP contribution < -0.4 is 10.5 Å². The predicted octanol–water partition coefficient (Wildman–Crippen LogP) is 1.47. The largest absolute Gasteiger partial charge is 0.465 e. The molecule has 112 valence electrons. The third-order valence-electron chi connectivity index (χ3n) is 2.64. The van der Waals surface area contributed by atoms with Crippen molar-refractivity contribution in [3.05, 3.63) is 54.0 Å². The Balaban J connectivity index is 2.16. The first-order valence-corrected chi connectivity index (χ1v) is 7.54. The summed E-state index contributed by atoms with van der Waals surface area (Å²) < 4.78 is 27.3. The molecule has 1 aromatic heterocycles. The van der Waals surface area contributed by atoms with Crippen LogP contribution >= 0.6 is 0 Å². The van der Waals surface area contributed by atoms with Gasteiger partial charge in [0.05, 0.1) is 11.2 Å². The zero-order valence-corrected chi connectivity index (χ0v) is 12.0. The lowest BCUT2D eigenvalue weighted by Crippen LogP contribution is -2.14. The van der Waals surface area contributed by atoms with E-state index >= 15 is 0 Å². The number of sulfonamides is 1. The normalized spacial score (nSPS) is 11.7. The van der Waals surface area contributed by atoms with Crippen LogP contribution in [0, 0.1) is 11.3 Å². The van der Waals surface area contributed by atoms with Crippen molar-refractivity contribution >= 4 is 27.7 Å². The third-order valence-corrected chi connectivity index (χ3v) is 3.56. The van der Waals surface area contributed by atoms with E-state index in [1.807, 2.05) is 0 Å². The van der Waals surface area contributed by atoms with Crippen LogP contribution in [0.25, 0.3) is 6.08 Å². The monoisotopic (exact) mass is 317 g/mol. The molecule has 1 amide bonds. The molecule has 0 spiro atoms. The van der Waals surface area contributed by atoms with Crippen LogP contribution in [-0.2, 0) is 14.8 Å². The minimum absolute atomic E-state index is 0.0721. The van der Waals surface area contributed by atoms with E-state index in [2.05, 4.69) is 5.32 Å². The lowest BCUT2D eigenvalue weighted by molar-refractivity contribution is -0.112. The highest BCUT2D eigenvalue weighted by molar-refractivity contribution is 7.89.